The van der Waals surface area contributed by atoms with Gasteiger partial charge >= 0.3 is 0 Å². The van der Waals surface area contributed by atoms with Gasteiger partial charge in [0.25, 0.3) is 0 Å². The highest BCUT2D eigenvalue weighted by molar-refractivity contribution is 7.12. The van der Waals surface area contributed by atoms with Gasteiger partial charge in [-0.3, -0.25) is 9.59 Å². The molecule has 1 aromatic heterocycles. The van der Waals surface area contributed by atoms with Crippen LogP contribution in [0.3, 0.4) is 0 Å². The van der Waals surface area contributed by atoms with E-state index in [9.17, 15) is 9.59 Å². The quantitative estimate of drug-likeness (QED) is 0.700. The maximum absolute atomic E-state index is 11.6. The number of thiophene rings is 1. The molecule has 0 aliphatic rings. The zero-order valence-electron chi connectivity index (χ0n) is 8.45. The first-order chi connectivity index (χ1) is 6.65. The molecule has 14 heavy (non-hydrogen) atoms. The minimum absolute atomic E-state index is 0.0781. The molecule has 76 valence electrons. The Bertz CT molecular complexity index is 314. The van der Waals surface area contributed by atoms with Gasteiger partial charge in [-0.05, 0) is 11.4 Å². The topological polar surface area (TPSA) is 34.1 Å². The van der Waals surface area contributed by atoms with Crippen LogP contribution in [0.5, 0.6) is 0 Å². The average Bonchev–Trinajstić information content (AvgIpc) is 2.69. The summed E-state index contributed by atoms with van der Waals surface area (Å²) in [5, 5.41) is 1.87. The Morgan fingerprint density at radius 2 is 2.21 bits per heavy atom. The molecule has 0 aliphatic heterocycles. The SMILES string of the molecule is CCC(=O)C(C)CC(=O)c1cccs1. The molecule has 0 amide bonds. The number of carbonyl (C=O) groups is 2. The fraction of sp³-hybridized carbons (Fsp3) is 0.455. The second-order valence-corrected chi connectivity index (χ2v) is 4.27. The highest BCUT2D eigenvalue weighted by Crippen LogP contribution is 2.15. The minimum Gasteiger partial charge on any atom is -0.299 e. The number of carbonyl (C=O) groups excluding carboxylic acids is 2. The van der Waals surface area contributed by atoms with Gasteiger partial charge in [-0.15, -0.1) is 11.3 Å². The Kier molecular flexibility index (Phi) is 4.01. The largest absolute Gasteiger partial charge is 0.299 e. The molecule has 3 heteroatoms. The Morgan fingerprint density at radius 1 is 1.50 bits per heavy atom. The van der Waals surface area contributed by atoms with E-state index in [4.69, 9.17) is 0 Å². The van der Waals surface area contributed by atoms with Crippen molar-refractivity contribution in [2.24, 2.45) is 5.92 Å². The number of Topliss-reactive ketones (excluding diaryl/α,β-unsaturated/α-hetero) is 2. The van der Waals surface area contributed by atoms with Crippen LogP contribution in [0.2, 0.25) is 0 Å². The van der Waals surface area contributed by atoms with Crippen molar-refractivity contribution in [3.8, 4) is 0 Å². The second-order valence-electron chi connectivity index (χ2n) is 3.33. The summed E-state index contributed by atoms with van der Waals surface area (Å²) in [5.74, 6) is 0.0961. The number of rotatable bonds is 5. The molecule has 0 fully saturated rings. The van der Waals surface area contributed by atoms with Crippen molar-refractivity contribution < 1.29 is 9.59 Å². The molecule has 0 spiro atoms. The summed E-state index contributed by atoms with van der Waals surface area (Å²) in [4.78, 5) is 23.6. The van der Waals surface area contributed by atoms with E-state index in [0.29, 0.717) is 12.8 Å². The molecule has 0 saturated carbocycles. The van der Waals surface area contributed by atoms with Crippen LogP contribution in [-0.2, 0) is 4.79 Å². The Balaban J connectivity index is 2.53. The summed E-state index contributed by atoms with van der Waals surface area (Å²) >= 11 is 1.43. The molecule has 1 rings (SSSR count). The lowest BCUT2D eigenvalue weighted by Gasteiger charge is -2.06. The third-order valence-electron chi connectivity index (χ3n) is 2.19. The highest BCUT2D eigenvalue weighted by Gasteiger charge is 2.16. The van der Waals surface area contributed by atoms with Crippen molar-refractivity contribution >= 4 is 22.9 Å². The first kappa shape index (κ1) is 11.1. The lowest BCUT2D eigenvalue weighted by Crippen LogP contribution is -2.13. The van der Waals surface area contributed by atoms with Crippen molar-refractivity contribution in [3.63, 3.8) is 0 Å². The third kappa shape index (κ3) is 2.77. The molecule has 1 aromatic rings. The number of ketones is 2. The molecule has 0 aromatic carbocycles. The van der Waals surface area contributed by atoms with Gasteiger partial charge in [-0.25, -0.2) is 0 Å². The lowest BCUT2D eigenvalue weighted by molar-refractivity contribution is -0.122. The maximum atomic E-state index is 11.6. The number of hydrogen-bond acceptors (Lipinski definition) is 3. The number of hydrogen-bond donors (Lipinski definition) is 0. The summed E-state index contributed by atoms with van der Waals surface area (Å²) in [5.41, 5.74) is 0. The molecule has 0 aliphatic carbocycles. The van der Waals surface area contributed by atoms with E-state index in [1.165, 1.54) is 11.3 Å². The van der Waals surface area contributed by atoms with Crippen LogP contribution in [0.4, 0.5) is 0 Å². The van der Waals surface area contributed by atoms with Crippen LogP contribution < -0.4 is 0 Å². The predicted molar refractivity (Wildman–Crippen MR) is 57.7 cm³/mol. The fourth-order valence-electron chi connectivity index (χ4n) is 1.28. The fourth-order valence-corrected chi connectivity index (χ4v) is 1.95. The minimum atomic E-state index is -0.144. The van der Waals surface area contributed by atoms with E-state index in [0.717, 1.165) is 4.88 Å². The first-order valence-electron chi connectivity index (χ1n) is 4.74. The molecule has 0 bridgehead atoms. The lowest BCUT2D eigenvalue weighted by atomic mass is 9.98. The van der Waals surface area contributed by atoms with E-state index in [1.807, 2.05) is 25.3 Å². The van der Waals surface area contributed by atoms with Crippen LogP contribution in [0.1, 0.15) is 36.4 Å². The normalized spacial score (nSPS) is 12.4. The summed E-state index contributed by atoms with van der Waals surface area (Å²) in [6, 6.07) is 3.65. The molecule has 1 heterocycles. The summed E-state index contributed by atoms with van der Waals surface area (Å²) in [7, 11) is 0. The highest BCUT2D eigenvalue weighted by atomic mass is 32.1. The van der Waals surface area contributed by atoms with Crippen molar-refractivity contribution in [3.05, 3.63) is 22.4 Å². The van der Waals surface area contributed by atoms with Gasteiger partial charge in [-0.2, -0.15) is 0 Å². The van der Waals surface area contributed by atoms with Gasteiger partial charge in [0.05, 0.1) is 4.88 Å². The Hall–Kier alpha value is -0.960. The van der Waals surface area contributed by atoms with E-state index in [2.05, 4.69) is 0 Å². The molecular formula is C11H14O2S. The van der Waals surface area contributed by atoms with Crippen LogP contribution in [0, 0.1) is 5.92 Å². The van der Waals surface area contributed by atoms with Gasteiger partial charge in [-0.1, -0.05) is 19.9 Å². The van der Waals surface area contributed by atoms with Crippen molar-refractivity contribution in [2.75, 3.05) is 0 Å². The van der Waals surface area contributed by atoms with Crippen LogP contribution in [0.15, 0.2) is 17.5 Å². The first-order valence-corrected chi connectivity index (χ1v) is 5.62. The van der Waals surface area contributed by atoms with Gasteiger partial charge < -0.3 is 0 Å². The molecule has 1 atom stereocenters. The zero-order chi connectivity index (χ0) is 10.6. The molecule has 0 saturated heterocycles. The van der Waals surface area contributed by atoms with Gasteiger partial charge in [0.1, 0.15) is 5.78 Å². The van der Waals surface area contributed by atoms with Crippen LogP contribution in [0.25, 0.3) is 0 Å². The Labute approximate surface area is 87.9 Å². The standard InChI is InChI=1S/C11H14O2S/c1-3-9(12)8(2)7-10(13)11-5-4-6-14-11/h4-6,8H,3,7H2,1-2H3. The van der Waals surface area contributed by atoms with Gasteiger partial charge in [0.15, 0.2) is 5.78 Å². The molecule has 0 N–H and O–H groups in total. The van der Waals surface area contributed by atoms with Crippen molar-refractivity contribution in [1.82, 2.24) is 0 Å². The maximum Gasteiger partial charge on any atom is 0.173 e. The van der Waals surface area contributed by atoms with E-state index in [1.54, 1.807) is 6.07 Å². The van der Waals surface area contributed by atoms with Crippen LogP contribution in [-0.4, -0.2) is 11.6 Å². The predicted octanol–water partition coefficient (Wildman–Crippen LogP) is 2.94. The summed E-state index contributed by atoms with van der Waals surface area (Å²) < 4.78 is 0. The third-order valence-corrected chi connectivity index (χ3v) is 3.10. The van der Waals surface area contributed by atoms with Crippen LogP contribution >= 0.6 is 11.3 Å². The second kappa shape index (κ2) is 5.05. The zero-order valence-corrected chi connectivity index (χ0v) is 9.26. The van der Waals surface area contributed by atoms with E-state index >= 15 is 0 Å². The van der Waals surface area contributed by atoms with Gasteiger partial charge in [0, 0.05) is 18.8 Å². The summed E-state index contributed by atoms with van der Waals surface area (Å²) in [6.45, 7) is 3.64. The monoisotopic (exact) mass is 210 g/mol. The van der Waals surface area contributed by atoms with Crippen molar-refractivity contribution in [1.29, 1.82) is 0 Å². The Morgan fingerprint density at radius 3 is 2.71 bits per heavy atom. The smallest absolute Gasteiger partial charge is 0.173 e. The summed E-state index contributed by atoms with van der Waals surface area (Å²) in [6.07, 6.45) is 0.853. The van der Waals surface area contributed by atoms with Gasteiger partial charge in [0.2, 0.25) is 0 Å². The van der Waals surface area contributed by atoms with Crippen molar-refractivity contribution in [2.45, 2.75) is 26.7 Å². The molecular weight excluding hydrogens is 196 g/mol. The molecule has 1 unspecified atom stereocenters. The molecule has 2 nitrogen and oxygen atoms in total. The van der Waals surface area contributed by atoms with E-state index < -0.39 is 0 Å². The van der Waals surface area contributed by atoms with E-state index in [-0.39, 0.29) is 17.5 Å². The average molecular weight is 210 g/mol. The molecule has 0 radical (unpaired) electrons.